The van der Waals surface area contributed by atoms with E-state index in [4.69, 9.17) is 10.5 Å². The summed E-state index contributed by atoms with van der Waals surface area (Å²) >= 11 is 0. The zero-order valence-electron chi connectivity index (χ0n) is 14.9. The van der Waals surface area contributed by atoms with Crippen molar-refractivity contribution in [1.82, 2.24) is 9.88 Å². The maximum Gasteiger partial charge on any atom is 0.282 e. The Morgan fingerprint density at radius 1 is 1.26 bits per heavy atom. The van der Waals surface area contributed by atoms with Gasteiger partial charge < -0.3 is 20.3 Å². The normalized spacial score (nSPS) is 23.9. The van der Waals surface area contributed by atoms with E-state index in [1.807, 2.05) is 0 Å². The van der Waals surface area contributed by atoms with Gasteiger partial charge in [-0.25, -0.2) is 13.8 Å². The van der Waals surface area contributed by atoms with Crippen LogP contribution in [0.4, 0.5) is 14.5 Å². The van der Waals surface area contributed by atoms with Crippen molar-refractivity contribution < 1.29 is 23.1 Å². The second-order valence-electron chi connectivity index (χ2n) is 7.55. The zero-order chi connectivity index (χ0) is 19.2. The molecule has 1 aliphatic carbocycles. The van der Waals surface area contributed by atoms with Crippen LogP contribution in [-0.4, -0.2) is 59.9 Å². The lowest BCUT2D eigenvalue weighted by Crippen LogP contribution is -2.56. The third-order valence-electron chi connectivity index (χ3n) is 5.24. The van der Waals surface area contributed by atoms with Gasteiger partial charge in [0.1, 0.15) is 17.4 Å². The number of aromatic nitrogens is 1. The number of anilines is 1. The number of primary amides is 1. The van der Waals surface area contributed by atoms with Crippen molar-refractivity contribution in [2.24, 2.45) is 11.7 Å². The number of hydrogen-bond acceptors (Lipinski definition) is 5. The van der Waals surface area contributed by atoms with Crippen LogP contribution in [0.2, 0.25) is 0 Å². The van der Waals surface area contributed by atoms with Gasteiger partial charge in [-0.3, -0.25) is 9.59 Å². The molecule has 3 heterocycles. The smallest absolute Gasteiger partial charge is 0.282 e. The topological polar surface area (TPSA) is 88.8 Å². The second-order valence-corrected chi connectivity index (χ2v) is 7.55. The highest BCUT2D eigenvalue weighted by molar-refractivity contribution is 5.96. The quantitative estimate of drug-likeness (QED) is 0.806. The fourth-order valence-corrected chi connectivity index (χ4v) is 3.52. The molecule has 4 rings (SSSR count). The number of nitrogens with two attached hydrogens (primary N) is 1. The molecule has 3 fully saturated rings. The number of carbonyl (C=O) groups is 2. The average molecular weight is 380 g/mol. The van der Waals surface area contributed by atoms with Crippen LogP contribution in [0.15, 0.2) is 12.1 Å². The van der Waals surface area contributed by atoms with E-state index in [1.165, 1.54) is 15.9 Å². The first-order chi connectivity index (χ1) is 12.8. The van der Waals surface area contributed by atoms with Crippen molar-refractivity contribution in [1.29, 1.82) is 0 Å². The molecule has 1 aromatic rings. The predicted molar refractivity (Wildman–Crippen MR) is 92.9 cm³/mol. The third-order valence-corrected chi connectivity index (χ3v) is 5.24. The Morgan fingerprint density at radius 2 is 2.00 bits per heavy atom. The van der Waals surface area contributed by atoms with Crippen LogP contribution in [0, 0.1) is 5.92 Å². The van der Waals surface area contributed by atoms with Crippen LogP contribution < -0.4 is 15.4 Å². The maximum atomic E-state index is 13.3. The Kier molecular flexibility index (Phi) is 4.39. The molecule has 3 aliphatic rings. The highest BCUT2D eigenvalue weighted by Crippen LogP contribution is 2.38. The van der Waals surface area contributed by atoms with Gasteiger partial charge in [0.25, 0.3) is 11.8 Å². The molecule has 7 nitrogen and oxygen atoms in total. The zero-order valence-corrected chi connectivity index (χ0v) is 14.9. The maximum absolute atomic E-state index is 13.3. The van der Waals surface area contributed by atoms with Crippen molar-refractivity contribution in [3.63, 3.8) is 0 Å². The van der Waals surface area contributed by atoms with Gasteiger partial charge in [-0.05, 0) is 43.7 Å². The van der Waals surface area contributed by atoms with Gasteiger partial charge >= 0.3 is 0 Å². The molecular weight excluding hydrogens is 358 g/mol. The lowest BCUT2D eigenvalue weighted by molar-refractivity contribution is -0.121. The van der Waals surface area contributed by atoms with Gasteiger partial charge in [0.05, 0.1) is 19.7 Å². The summed E-state index contributed by atoms with van der Waals surface area (Å²) in [4.78, 5) is 31.6. The van der Waals surface area contributed by atoms with Gasteiger partial charge in [-0.15, -0.1) is 0 Å². The van der Waals surface area contributed by atoms with Crippen molar-refractivity contribution in [3.05, 3.63) is 17.8 Å². The number of amides is 2. The lowest BCUT2D eigenvalue weighted by Gasteiger charge is -2.40. The second kappa shape index (κ2) is 6.61. The Morgan fingerprint density at radius 3 is 2.63 bits per heavy atom. The number of alkyl halides is 2. The van der Waals surface area contributed by atoms with E-state index in [-0.39, 0.29) is 11.6 Å². The van der Waals surface area contributed by atoms with Gasteiger partial charge in [0.15, 0.2) is 0 Å². The first-order valence-electron chi connectivity index (χ1n) is 9.21. The van der Waals surface area contributed by atoms with Gasteiger partial charge in [0, 0.05) is 6.54 Å². The SMILES string of the molecule is NC(=O)C1CCCN1C(=O)c1ccc(N2CC(F)(F)C2)c(OCC2CC2)n1. The van der Waals surface area contributed by atoms with Crippen molar-refractivity contribution >= 4 is 17.5 Å². The molecule has 1 unspecified atom stereocenters. The van der Waals surface area contributed by atoms with E-state index in [2.05, 4.69) is 4.98 Å². The van der Waals surface area contributed by atoms with Gasteiger partial charge in [0.2, 0.25) is 11.8 Å². The minimum Gasteiger partial charge on any atom is -0.476 e. The molecule has 0 spiro atoms. The molecule has 2 N–H and O–H groups in total. The van der Waals surface area contributed by atoms with Crippen molar-refractivity contribution in [2.75, 3.05) is 31.1 Å². The Labute approximate surface area is 155 Å². The highest BCUT2D eigenvalue weighted by atomic mass is 19.3. The van der Waals surface area contributed by atoms with Crippen LogP contribution in [-0.2, 0) is 4.79 Å². The van der Waals surface area contributed by atoms with E-state index in [0.717, 1.165) is 12.8 Å². The first-order valence-corrected chi connectivity index (χ1v) is 9.21. The molecule has 2 saturated heterocycles. The molecule has 146 valence electrons. The van der Waals surface area contributed by atoms with E-state index in [9.17, 15) is 18.4 Å². The summed E-state index contributed by atoms with van der Waals surface area (Å²) in [6.07, 6.45) is 3.38. The fraction of sp³-hybridized carbons (Fsp3) is 0.611. The van der Waals surface area contributed by atoms with Crippen molar-refractivity contribution in [2.45, 2.75) is 37.6 Å². The standard InChI is InChI=1S/C18H22F2N4O3/c19-18(20)9-23(10-18)14-6-5-12(22-16(14)27-8-11-3-4-11)17(26)24-7-1-2-13(24)15(21)25/h5-6,11,13H,1-4,7-10H2,(H2,21,25). The molecule has 9 heteroatoms. The lowest BCUT2D eigenvalue weighted by atomic mass is 10.1. The predicted octanol–water partition coefficient (Wildman–Crippen LogP) is 1.42. The monoisotopic (exact) mass is 380 g/mol. The van der Waals surface area contributed by atoms with Gasteiger partial charge in [-0.1, -0.05) is 0 Å². The van der Waals surface area contributed by atoms with Crippen LogP contribution in [0.5, 0.6) is 5.88 Å². The summed E-state index contributed by atoms with van der Waals surface area (Å²) < 4.78 is 32.3. The van der Waals surface area contributed by atoms with Crippen molar-refractivity contribution in [3.8, 4) is 5.88 Å². The number of hydrogen-bond donors (Lipinski definition) is 1. The van der Waals surface area contributed by atoms with Crippen LogP contribution >= 0.6 is 0 Å². The summed E-state index contributed by atoms with van der Waals surface area (Å²) in [6.45, 7) is 0.108. The molecule has 0 bridgehead atoms. The average Bonchev–Trinajstić information content (AvgIpc) is 3.30. The molecule has 2 amide bonds. The first kappa shape index (κ1) is 17.9. The summed E-state index contributed by atoms with van der Waals surface area (Å²) in [7, 11) is 0. The Balaban J connectivity index is 1.56. The highest BCUT2D eigenvalue weighted by Gasteiger charge is 2.45. The van der Waals surface area contributed by atoms with E-state index in [0.29, 0.717) is 37.6 Å². The number of rotatable bonds is 6. The third kappa shape index (κ3) is 3.68. The summed E-state index contributed by atoms with van der Waals surface area (Å²) in [6, 6.07) is 2.45. The Bertz CT molecular complexity index is 761. The summed E-state index contributed by atoms with van der Waals surface area (Å²) in [5.74, 6) is -3.00. The molecule has 0 radical (unpaired) electrons. The number of pyridine rings is 1. The summed E-state index contributed by atoms with van der Waals surface area (Å²) in [5.41, 5.74) is 5.97. The van der Waals surface area contributed by atoms with Crippen LogP contribution in [0.3, 0.4) is 0 Å². The molecule has 1 saturated carbocycles. The molecule has 1 atom stereocenters. The number of ether oxygens (including phenoxy) is 1. The largest absolute Gasteiger partial charge is 0.476 e. The number of carbonyl (C=O) groups excluding carboxylic acids is 2. The number of halogens is 2. The minimum atomic E-state index is -2.72. The Hall–Kier alpha value is -2.45. The van der Waals surface area contributed by atoms with Gasteiger partial charge in [-0.2, -0.15) is 0 Å². The molecule has 0 aromatic carbocycles. The molecular formula is C18H22F2N4O3. The summed E-state index contributed by atoms with van der Waals surface area (Å²) in [5, 5.41) is 0. The number of nitrogens with zero attached hydrogens (tertiary/aromatic N) is 3. The fourth-order valence-electron chi connectivity index (χ4n) is 3.52. The molecule has 1 aromatic heterocycles. The molecule has 27 heavy (non-hydrogen) atoms. The number of likely N-dealkylation sites (tertiary alicyclic amines) is 1. The van der Waals surface area contributed by atoms with E-state index >= 15 is 0 Å². The van der Waals surface area contributed by atoms with E-state index < -0.39 is 36.9 Å². The van der Waals surface area contributed by atoms with E-state index in [1.54, 1.807) is 6.07 Å². The minimum absolute atomic E-state index is 0.130. The van der Waals surface area contributed by atoms with Crippen LogP contribution in [0.25, 0.3) is 0 Å². The molecule has 2 aliphatic heterocycles. The van der Waals surface area contributed by atoms with Crippen LogP contribution in [0.1, 0.15) is 36.2 Å².